The van der Waals surface area contributed by atoms with E-state index in [0.717, 1.165) is 17.4 Å². The third-order valence-corrected chi connectivity index (χ3v) is 3.81. The van der Waals surface area contributed by atoms with Gasteiger partial charge in [0.1, 0.15) is 0 Å². The molecule has 0 saturated carbocycles. The Balaban J connectivity index is 2.51. The van der Waals surface area contributed by atoms with Crippen LogP contribution in [-0.2, 0) is 0 Å². The molecule has 1 N–H and O–H groups in total. The Kier molecular flexibility index (Phi) is 4.43. The second-order valence-corrected chi connectivity index (χ2v) is 5.69. The number of hydrogen-bond acceptors (Lipinski definition) is 1. The highest BCUT2D eigenvalue weighted by Gasteiger charge is 2.14. The van der Waals surface area contributed by atoms with Gasteiger partial charge in [-0.2, -0.15) is 0 Å². The van der Waals surface area contributed by atoms with Gasteiger partial charge < -0.3 is 5.32 Å². The average molecular weight is 269 g/mol. The van der Waals surface area contributed by atoms with Gasteiger partial charge in [-0.05, 0) is 41.7 Å². The van der Waals surface area contributed by atoms with Crippen molar-refractivity contribution in [3.63, 3.8) is 0 Å². The second-order valence-electron chi connectivity index (χ2n) is 5.69. The summed E-state index contributed by atoms with van der Waals surface area (Å²) in [6, 6.07) is 12.4. The predicted molar refractivity (Wildman–Crippen MR) is 85.3 cm³/mol. The van der Waals surface area contributed by atoms with Gasteiger partial charge in [0.15, 0.2) is 0 Å². The normalized spacial score (nSPS) is 12.7. The molecule has 0 aliphatic rings. The molecule has 20 heavy (non-hydrogen) atoms. The summed E-state index contributed by atoms with van der Waals surface area (Å²) in [4.78, 5) is 12.4. The highest BCUT2D eigenvalue weighted by molar-refractivity contribution is 6.08. The van der Waals surface area contributed by atoms with Crippen molar-refractivity contribution < 1.29 is 4.79 Å². The fourth-order valence-electron chi connectivity index (χ4n) is 2.43. The molecule has 0 bridgehead atoms. The van der Waals surface area contributed by atoms with E-state index >= 15 is 0 Å². The van der Waals surface area contributed by atoms with Gasteiger partial charge in [-0.1, -0.05) is 51.1 Å². The van der Waals surface area contributed by atoms with Crippen LogP contribution in [0.15, 0.2) is 36.4 Å². The molecule has 2 rings (SSSR count). The zero-order valence-corrected chi connectivity index (χ0v) is 12.7. The number of carbonyl (C=O) groups is 1. The Bertz CT molecular complexity index is 616. The molecule has 0 fully saturated rings. The molecule has 0 radical (unpaired) electrons. The summed E-state index contributed by atoms with van der Waals surface area (Å²) in [7, 11) is 0. The Morgan fingerprint density at radius 1 is 1.05 bits per heavy atom. The van der Waals surface area contributed by atoms with E-state index in [1.54, 1.807) is 0 Å². The van der Waals surface area contributed by atoms with Crippen LogP contribution < -0.4 is 5.32 Å². The quantitative estimate of drug-likeness (QED) is 0.870. The fraction of sp³-hybridized carbons (Fsp3) is 0.389. The largest absolute Gasteiger partial charge is 0.350 e. The summed E-state index contributed by atoms with van der Waals surface area (Å²) in [5, 5.41) is 5.27. The number of fused-ring (bicyclic) bond motifs is 1. The number of carbonyl (C=O) groups excluding carboxylic acids is 1. The highest BCUT2D eigenvalue weighted by Crippen LogP contribution is 2.28. The first-order valence-corrected chi connectivity index (χ1v) is 7.37. The number of amides is 1. The molecule has 1 unspecified atom stereocenters. The Labute approximate surface area is 121 Å². The molecule has 2 aromatic rings. The molecule has 2 aromatic carbocycles. The van der Waals surface area contributed by atoms with Gasteiger partial charge in [-0.15, -0.1) is 0 Å². The van der Waals surface area contributed by atoms with E-state index in [-0.39, 0.29) is 11.9 Å². The highest BCUT2D eigenvalue weighted by atomic mass is 16.1. The number of benzene rings is 2. The van der Waals surface area contributed by atoms with Crippen molar-refractivity contribution in [2.75, 3.05) is 0 Å². The minimum Gasteiger partial charge on any atom is -0.350 e. The van der Waals surface area contributed by atoms with Gasteiger partial charge >= 0.3 is 0 Å². The van der Waals surface area contributed by atoms with Crippen LogP contribution >= 0.6 is 0 Å². The summed E-state index contributed by atoms with van der Waals surface area (Å²) in [5.41, 5.74) is 2.06. The minimum atomic E-state index is 0.0193. The Hall–Kier alpha value is -1.83. The van der Waals surface area contributed by atoms with Crippen molar-refractivity contribution in [3.05, 3.63) is 47.5 Å². The molecule has 106 valence electrons. The summed E-state index contributed by atoms with van der Waals surface area (Å²) >= 11 is 0. The molecule has 0 saturated heterocycles. The summed E-state index contributed by atoms with van der Waals surface area (Å²) in [5.74, 6) is 0.470. The third kappa shape index (κ3) is 2.84. The first kappa shape index (κ1) is 14.6. The van der Waals surface area contributed by atoms with Crippen molar-refractivity contribution in [1.82, 2.24) is 5.32 Å². The van der Waals surface area contributed by atoms with Crippen LogP contribution in [0.2, 0.25) is 0 Å². The van der Waals surface area contributed by atoms with Crippen molar-refractivity contribution in [2.45, 2.75) is 46.1 Å². The van der Waals surface area contributed by atoms with E-state index in [9.17, 15) is 4.79 Å². The monoisotopic (exact) mass is 269 g/mol. The Morgan fingerprint density at radius 3 is 2.30 bits per heavy atom. The third-order valence-electron chi connectivity index (χ3n) is 3.81. The summed E-state index contributed by atoms with van der Waals surface area (Å²) in [6.45, 7) is 8.47. The zero-order valence-electron chi connectivity index (χ0n) is 12.7. The van der Waals surface area contributed by atoms with Crippen LogP contribution in [0.1, 0.15) is 56.0 Å². The van der Waals surface area contributed by atoms with Gasteiger partial charge in [-0.3, -0.25) is 4.79 Å². The molecule has 0 aromatic heterocycles. The predicted octanol–water partition coefficient (Wildman–Crippen LogP) is 4.49. The fourth-order valence-corrected chi connectivity index (χ4v) is 2.43. The van der Waals surface area contributed by atoms with E-state index < -0.39 is 0 Å². The first-order chi connectivity index (χ1) is 9.54. The first-order valence-electron chi connectivity index (χ1n) is 7.37. The van der Waals surface area contributed by atoms with E-state index in [1.807, 2.05) is 31.2 Å². The molecule has 1 amide bonds. The molecular formula is C18H23NO. The molecule has 0 spiro atoms. The summed E-state index contributed by atoms with van der Waals surface area (Å²) in [6.07, 6.45) is 0.938. The maximum Gasteiger partial charge on any atom is 0.252 e. The van der Waals surface area contributed by atoms with Crippen molar-refractivity contribution in [2.24, 2.45) is 0 Å². The van der Waals surface area contributed by atoms with Crippen LogP contribution in [0.4, 0.5) is 0 Å². The van der Waals surface area contributed by atoms with Gasteiger partial charge in [0.25, 0.3) is 5.91 Å². The number of nitrogens with one attached hydrogen (secondary N) is 1. The molecule has 0 aliphatic heterocycles. The number of hydrogen-bond donors (Lipinski definition) is 1. The minimum absolute atomic E-state index is 0.0193. The number of rotatable bonds is 4. The average Bonchev–Trinajstić information content (AvgIpc) is 2.45. The van der Waals surface area contributed by atoms with E-state index in [4.69, 9.17) is 0 Å². The lowest BCUT2D eigenvalue weighted by atomic mass is 9.93. The van der Waals surface area contributed by atoms with Gasteiger partial charge in [0.05, 0.1) is 0 Å². The van der Waals surface area contributed by atoms with Crippen LogP contribution in [0, 0.1) is 0 Å². The maximum absolute atomic E-state index is 12.4. The van der Waals surface area contributed by atoms with Crippen LogP contribution in [0.3, 0.4) is 0 Å². The Morgan fingerprint density at radius 2 is 1.70 bits per heavy atom. The topological polar surface area (TPSA) is 29.1 Å². The summed E-state index contributed by atoms with van der Waals surface area (Å²) < 4.78 is 0. The molecule has 0 aliphatic carbocycles. The van der Waals surface area contributed by atoms with Crippen molar-refractivity contribution in [1.29, 1.82) is 0 Å². The van der Waals surface area contributed by atoms with Crippen LogP contribution in [0.5, 0.6) is 0 Å². The van der Waals surface area contributed by atoms with Crippen molar-refractivity contribution in [3.8, 4) is 0 Å². The van der Waals surface area contributed by atoms with E-state index in [0.29, 0.717) is 5.92 Å². The van der Waals surface area contributed by atoms with Gasteiger partial charge in [0.2, 0.25) is 0 Å². The van der Waals surface area contributed by atoms with E-state index in [1.165, 1.54) is 10.9 Å². The molecule has 0 heterocycles. The second kappa shape index (κ2) is 6.08. The standard InChI is InChI=1S/C18H23NO/c1-5-13(4)19-18(20)17-11-10-14(12(2)3)15-8-6-7-9-16(15)17/h6-13H,5H2,1-4H3,(H,19,20). The van der Waals surface area contributed by atoms with Crippen molar-refractivity contribution >= 4 is 16.7 Å². The van der Waals surface area contributed by atoms with E-state index in [2.05, 4.69) is 38.2 Å². The lowest BCUT2D eigenvalue weighted by Crippen LogP contribution is -2.32. The molecule has 2 nitrogen and oxygen atoms in total. The van der Waals surface area contributed by atoms with Gasteiger partial charge in [-0.25, -0.2) is 0 Å². The lowest BCUT2D eigenvalue weighted by molar-refractivity contribution is 0.0941. The van der Waals surface area contributed by atoms with Gasteiger partial charge in [0, 0.05) is 11.6 Å². The molecule has 1 atom stereocenters. The van der Waals surface area contributed by atoms with Crippen LogP contribution in [-0.4, -0.2) is 11.9 Å². The smallest absolute Gasteiger partial charge is 0.252 e. The lowest BCUT2D eigenvalue weighted by Gasteiger charge is -2.16. The zero-order chi connectivity index (χ0) is 14.7. The maximum atomic E-state index is 12.4. The molecular weight excluding hydrogens is 246 g/mol. The molecule has 2 heteroatoms. The SMILES string of the molecule is CCC(C)NC(=O)c1ccc(C(C)C)c2ccccc12. The van der Waals surface area contributed by atoms with Crippen LogP contribution in [0.25, 0.3) is 10.8 Å².